The van der Waals surface area contributed by atoms with E-state index in [1.807, 2.05) is 0 Å². The molecule has 0 fully saturated rings. The van der Waals surface area contributed by atoms with Crippen LogP contribution in [0, 0.1) is 0 Å². The molecule has 52 valence electrons. The number of hydrogen-bond acceptors (Lipinski definition) is 2. The van der Waals surface area contributed by atoms with Crippen LogP contribution in [0.1, 0.15) is 6.92 Å². The molecule has 0 aliphatic heterocycles. The Morgan fingerprint density at radius 3 is 2.44 bits per heavy atom. The second kappa shape index (κ2) is 3.24. The first-order valence-electron chi connectivity index (χ1n) is 2.33. The molecule has 0 heterocycles. The molecule has 5 heteroatoms. The Labute approximate surface area is 58.0 Å². The lowest BCUT2D eigenvalue weighted by Crippen LogP contribution is -2.40. The van der Waals surface area contributed by atoms with Gasteiger partial charge < -0.3 is 16.2 Å². The lowest BCUT2D eigenvalue weighted by atomic mass is 10.3. The normalized spacial score (nSPS) is 12.1. The number of hydrogen-bond donors (Lipinski definition) is 3. The van der Waals surface area contributed by atoms with Gasteiger partial charge in [-0.3, -0.25) is 0 Å². The molecule has 0 saturated heterocycles. The van der Waals surface area contributed by atoms with Crippen molar-refractivity contribution in [2.75, 3.05) is 0 Å². The molecule has 0 unspecified atom stereocenters. The largest absolute Gasteiger partial charge is 0.465 e. The van der Waals surface area contributed by atoms with E-state index in [1.54, 1.807) is 6.92 Å². The first kappa shape index (κ1) is 8.16. The molecule has 0 aromatic rings. The zero-order valence-electron chi connectivity index (χ0n) is 4.92. The van der Waals surface area contributed by atoms with Crippen molar-refractivity contribution in [2.45, 2.75) is 13.0 Å². The highest BCUT2D eigenvalue weighted by molar-refractivity contribution is 7.80. The van der Waals surface area contributed by atoms with Crippen LogP contribution >= 0.6 is 12.2 Å². The van der Waals surface area contributed by atoms with Crippen molar-refractivity contribution in [3.8, 4) is 0 Å². The minimum absolute atomic E-state index is 0.150. The molecule has 1 atom stereocenters. The van der Waals surface area contributed by atoms with Crippen LogP contribution in [0.15, 0.2) is 0 Å². The van der Waals surface area contributed by atoms with Gasteiger partial charge in [0.25, 0.3) is 0 Å². The summed E-state index contributed by atoms with van der Waals surface area (Å²) in [6, 6.07) is -0.447. The predicted molar refractivity (Wildman–Crippen MR) is 37.4 cm³/mol. The summed E-state index contributed by atoms with van der Waals surface area (Å²) in [4.78, 5) is 10.0. The Morgan fingerprint density at radius 1 is 1.89 bits per heavy atom. The van der Waals surface area contributed by atoms with E-state index in [4.69, 9.17) is 10.8 Å². The van der Waals surface area contributed by atoms with Crippen LogP contribution in [0.5, 0.6) is 0 Å². The molecule has 0 aliphatic carbocycles. The van der Waals surface area contributed by atoms with Gasteiger partial charge in [0.2, 0.25) is 0 Å². The van der Waals surface area contributed by atoms with Gasteiger partial charge >= 0.3 is 6.09 Å². The van der Waals surface area contributed by atoms with Crippen LogP contribution in [0.3, 0.4) is 0 Å². The molecular weight excluding hydrogens is 140 g/mol. The maximum Gasteiger partial charge on any atom is 0.405 e. The van der Waals surface area contributed by atoms with Crippen LogP contribution in [0.2, 0.25) is 0 Å². The monoisotopic (exact) mass is 148 g/mol. The van der Waals surface area contributed by atoms with Gasteiger partial charge in [-0.15, -0.1) is 0 Å². The summed E-state index contributed by atoms with van der Waals surface area (Å²) in [5, 5.41) is 10.2. The first-order valence-corrected chi connectivity index (χ1v) is 2.73. The third kappa shape index (κ3) is 3.72. The van der Waals surface area contributed by atoms with Gasteiger partial charge in [-0.05, 0) is 6.92 Å². The van der Waals surface area contributed by atoms with Crippen LogP contribution in [-0.2, 0) is 0 Å². The quantitative estimate of drug-likeness (QED) is 0.479. The van der Waals surface area contributed by atoms with Gasteiger partial charge in [0.1, 0.15) is 0 Å². The minimum Gasteiger partial charge on any atom is -0.465 e. The van der Waals surface area contributed by atoms with Gasteiger partial charge in [0.05, 0.1) is 11.0 Å². The van der Waals surface area contributed by atoms with E-state index in [1.165, 1.54) is 0 Å². The molecule has 4 N–H and O–H groups in total. The predicted octanol–water partition coefficient (Wildman–Crippen LogP) is -0.0714. The average molecular weight is 148 g/mol. The highest BCUT2D eigenvalue weighted by Crippen LogP contribution is 1.79. The molecule has 0 bridgehead atoms. The summed E-state index contributed by atoms with van der Waals surface area (Å²) in [7, 11) is 0. The van der Waals surface area contributed by atoms with Crippen molar-refractivity contribution in [1.29, 1.82) is 0 Å². The van der Waals surface area contributed by atoms with Crippen LogP contribution < -0.4 is 11.1 Å². The van der Waals surface area contributed by atoms with Gasteiger partial charge in [0, 0.05) is 0 Å². The molecule has 0 rings (SSSR count). The van der Waals surface area contributed by atoms with Crippen molar-refractivity contribution in [2.24, 2.45) is 5.73 Å². The van der Waals surface area contributed by atoms with Crippen LogP contribution in [-0.4, -0.2) is 22.2 Å². The Balaban J connectivity index is 3.63. The number of amides is 1. The molecule has 4 nitrogen and oxygen atoms in total. The van der Waals surface area contributed by atoms with E-state index in [9.17, 15) is 4.79 Å². The molecule has 0 aliphatic rings. The summed E-state index contributed by atoms with van der Waals surface area (Å²) in [5.41, 5.74) is 5.09. The average Bonchev–Trinajstić information content (AvgIpc) is 1.63. The second-order valence-electron chi connectivity index (χ2n) is 1.57. The molecule has 0 aromatic carbocycles. The fraction of sp³-hybridized carbons (Fsp3) is 0.500. The van der Waals surface area contributed by atoms with Crippen molar-refractivity contribution in [1.82, 2.24) is 5.32 Å². The molecule has 0 saturated carbocycles. The molecule has 0 radical (unpaired) electrons. The van der Waals surface area contributed by atoms with Gasteiger partial charge in [0.15, 0.2) is 0 Å². The Morgan fingerprint density at radius 2 is 2.33 bits per heavy atom. The SMILES string of the molecule is C[C@@H](NC(=O)O)C(N)=S. The third-order valence-electron chi connectivity index (χ3n) is 0.767. The fourth-order valence-corrected chi connectivity index (χ4v) is 0.315. The number of carbonyl (C=O) groups is 1. The number of carboxylic acid groups (broad SMARTS) is 1. The Kier molecular flexibility index (Phi) is 2.94. The first-order chi connectivity index (χ1) is 4.04. The van der Waals surface area contributed by atoms with Crippen molar-refractivity contribution < 1.29 is 9.90 Å². The van der Waals surface area contributed by atoms with Crippen molar-refractivity contribution in [3.63, 3.8) is 0 Å². The van der Waals surface area contributed by atoms with Crippen molar-refractivity contribution in [3.05, 3.63) is 0 Å². The number of rotatable bonds is 2. The smallest absolute Gasteiger partial charge is 0.405 e. The number of nitrogens with one attached hydrogen (secondary N) is 1. The highest BCUT2D eigenvalue weighted by Gasteiger charge is 2.05. The van der Waals surface area contributed by atoms with Gasteiger partial charge in [-0.2, -0.15) is 0 Å². The molecule has 9 heavy (non-hydrogen) atoms. The van der Waals surface area contributed by atoms with E-state index in [0.29, 0.717) is 0 Å². The third-order valence-corrected chi connectivity index (χ3v) is 1.12. The summed E-state index contributed by atoms with van der Waals surface area (Å²) >= 11 is 4.49. The minimum atomic E-state index is -1.12. The molecular formula is C4H8N2O2S. The maximum absolute atomic E-state index is 9.89. The lowest BCUT2D eigenvalue weighted by molar-refractivity contribution is 0.193. The zero-order chi connectivity index (χ0) is 7.44. The van der Waals surface area contributed by atoms with E-state index in [2.05, 4.69) is 17.5 Å². The lowest BCUT2D eigenvalue weighted by Gasteiger charge is -2.07. The summed E-state index contributed by atoms with van der Waals surface area (Å²) in [5.74, 6) is 0. The van der Waals surface area contributed by atoms with E-state index < -0.39 is 12.1 Å². The van der Waals surface area contributed by atoms with E-state index in [-0.39, 0.29) is 4.99 Å². The summed E-state index contributed by atoms with van der Waals surface area (Å²) in [6.45, 7) is 1.58. The number of nitrogens with two attached hydrogens (primary N) is 1. The topological polar surface area (TPSA) is 75.3 Å². The van der Waals surface area contributed by atoms with Gasteiger partial charge in [-0.25, -0.2) is 4.79 Å². The summed E-state index contributed by atoms with van der Waals surface area (Å²) in [6.07, 6.45) is -1.12. The van der Waals surface area contributed by atoms with Gasteiger partial charge in [-0.1, -0.05) is 12.2 Å². The second-order valence-corrected chi connectivity index (χ2v) is 2.04. The standard InChI is InChI=1S/C4H8N2O2S/c1-2(3(5)9)6-4(7)8/h2,6H,1H3,(H2,5,9)(H,7,8)/t2-/m1/s1. The number of thiocarbonyl (C=S) groups is 1. The Hall–Kier alpha value is -0.840. The van der Waals surface area contributed by atoms with Crippen LogP contribution in [0.4, 0.5) is 4.79 Å². The zero-order valence-corrected chi connectivity index (χ0v) is 5.73. The fourth-order valence-electron chi connectivity index (χ4n) is 0.256. The molecule has 0 spiro atoms. The van der Waals surface area contributed by atoms with E-state index >= 15 is 0 Å². The Bertz CT molecular complexity index is 137. The summed E-state index contributed by atoms with van der Waals surface area (Å²) < 4.78 is 0. The maximum atomic E-state index is 9.89. The molecule has 0 aromatic heterocycles. The van der Waals surface area contributed by atoms with E-state index in [0.717, 1.165) is 0 Å². The molecule has 1 amide bonds. The van der Waals surface area contributed by atoms with Crippen molar-refractivity contribution >= 4 is 23.3 Å². The highest BCUT2D eigenvalue weighted by atomic mass is 32.1. The van der Waals surface area contributed by atoms with Crippen LogP contribution in [0.25, 0.3) is 0 Å².